The van der Waals surface area contributed by atoms with Crippen molar-refractivity contribution >= 4 is 29.4 Å². The van der Waals surface area contributed by atoms with Crippen LogP contribution < -0.4 is 4.74 Å². The van der Waals surface area contributed by atoms with E-state index in [0.717, 1.165) is 11.1 Å². The van der Waals surface area contributed by atoms with Gasteiger partial charge < -0.3 is 9.57 Å². The third kappa shape index (κ3) is 4.36. The molecule has 1 aliphatic rings. The second-order valence-electron chi connectivity index (χ2n) is 6.33. The number of hydrogen-bond donors (Lipinski definition) is 0. The van der Waals surface area contributed by atoms with Gasteiger partial charge in [0.05, 0.1) is 5.57 Å². The van der Waals surface area contributed by atoms with Crippen molar-refractivity contribution in [1.82, 2.24) is 0 Å². The standard InChI is InChI=1S/C23H15ClFNO3/c24-21-4-2-1-3-17(21)14-28-19-11-5-15(6-12-19)13-20-22(26-29-23(20)27)16-7-9-18(25)10-8-16/h1-13H,14H2/b20-13-. The molecule has 1 aliphatic heterocycles. The van der Waals surface area contributed by atoms with E-state index in [-0.39, 0.29) is 5.82 Å². The molecule has 0 atom stereocenters. The first-order valence-electron chi connectivity index (χ1n) is 8.84. The minimum absolute atomic E-state index is 0.307. The van der Waals surface area contributed by atoms with E-state index in [2.05, 4.69) is 5.16 Å². The summed E-state index contributed by atoms with van der Waals surface area (Å²) < 4.78 is 18.9. The monoisotopic (exact) mass is 407 g/mol. The molecule has 0 aliphatic carbocycles. The number of carbonyl (C=O) groups is 1. The Hall–Kier alpha value is -3.44. The van der Waals surface area contributed by atoms with Gasteiger partial charge in [-0.1, -0.05) is 47.1 Å². The van der Waals surface area contributed by atoms with Crippen molar-refractivity contribution < 1.29 is 18.8 Å². The lowest BCUT2D eigenvalue weighted by atomic mass is 10.0. The molecule has 4 rings (SSSR count). The highest BCUT2D eigenvalue weighted by Gasteiger charge is 2.26. The predicted molar refractivity (Wildman–Crippen MR) is 109 cm³/mol. The normalized spacial score (nSPS) is 14.6. The van der Waals surface area contributed by atoms with E-state index < -0.39 is 5.97 Å². The molecule has 1 heterocycles. The van der Waals surface area contributed by atoms with Crippen LogP contribution in [0.5, 0.6) is 5.75 Å². The third-order valence-electron chi connectivity index (χ3n) is 4.36. The van der Waals surface area contributed by atoms with Gasteiger partial charge in [-0.15, -0.1) is 0 Å². The molecule has 0 bridgehead atoms. The zero-order chi connectivity index (χ0) is 20.2. The molecule has 0 spiro atoms. The molecule has 0 saturated heterocycles. The van der Waals surface area contributed by atoms with E-state index in [1.54, 1.807) is 30.3 Å². The highest BCUT2D eigenvalue weighted by Crippen LogP contribution is 2.23. The molecule has 29 heavy (non-hydrogen) atoms. The minimum atomic E-state index is -0.552. The van der Waals surface area contributed by atoms with Crippen molar-refractivity contribution in [3.05, 3.63) is 106 Å². The van der Waals surface area contributed by atoms with Crippen LogP contribution in [0.25, 0.3) is 6.08 Å². The number of oxime groups is 1. The highest BCUT2D eigenvalue weighted by atomic mass is 35.5. The lowest BCUT2D eigenvalue weighted by molar-refractivity contribution is -0.136. The van der Waals surface area contributed by atoms with Crippen LogP contribution in [-0.4, -0.2) is 11.7 Å². The Bertz CT molecular complexity index is 1110. The molecule has 3 aromatic carbocycles. The van der Waals surface area contributed by atoms with E-state index in [1.165, 1.54) is 12.1 Å². The number of halogens is 2. The first-order chi connectivity index (χ1) is 14.1. The zero-order valence-corrected chi connectivity index (χ0v) is 15.9. The summed E-state index contributed by atoms with van der Waals surface area (Å²) in [6, 6.07) is 20.5. The first-order valence-corrected chi connectivity index (χ1v) is 9.21. The van der Waals surface area contributed by atoms with Gasteiger partial charge in [0.1, 0.15) is 23.9 Å². The quantitative estimate of drug-likeness (QED) is 0.420. The van der Waals surface area contributed by atoms with Gasteiger partial charge in [-0.05, 0) is 54.1 Å². The molecule has 0 amide bonds. The Balaban J connectivity index is 1.50. The van der Waals surface area contributed by atoms with Crippen LogP contribution in [0.3, 0.4) is 0 Å². The maximum absolute atomic E-state index is 13.2. The second kappa shape index (κ2) is 8.29. The van der Waals surface area contributed by atoms with E-state index in [0.29, 0.717) is 34.2 Å². The SMILES string of the molecule is O=C1ON=C(c2ccc(F)cc2)/C1=C/c1ccc(OCc2ccccc2Cl)cc1. The number of rotatable bonds is 5. The number of benzene rings is 3. The van der Waals surface area contributed by atoms with Crippen LogP contribution >= 0.6 is 11.6 Å². The van der Waals surface area contributed by atoms with E-state index in [9.17, 15) is 9.18 Å². The third-order valence-corrected chi connectivity index (χ3v) is 4.72. The average Bonchev–Trinajstić information content (AvgIpc) is 3.09. The van der Waals surface area contributed by atoms with Crippen molar-refractivity contribution in [2.45, 2.75) is 6.61 Å². The lowest BCUT2D eigenvalue weighted by Crippen LogP contribution is -2.06. The van der Waals surface area contributed by atoms with Gasteiger partial charge in [0, 0.05) is 16.1 Å². The molecular formula is C23H15ClFNO3. The van der Waals surface area contributed by atoms with E-state index in [4.69, 9.17) is 21.2 Å². The highest BCUT2D eigenvalue weighted by molar-refractivity contribution is 6.31. The molecule has 0 unspecified atom stereocenters. The Morgan fingerprint density at radius 1 is 1.00 bits per heavy atom. The van der Waals surface area contributed by atoms with Crippen molar-refractivity contribution in [2.24, 2.45) is 5.16 Å². The van der Waals surface area contributed by atoms with Crippen LogP contribution in [0.4, 0.5) is 4.39 Å². The number of ether oxygens (including phenoxy) is 1. The summed E-state index contributed by atoms with van der Waals surface area (Å²) in [6.45, 7) is 0.355. The smallest absolute Gasteiger partial charge is 0.368 e. The summed E-state index contributed by atoms with van der Waals surface area (Å²) in [4.78, 5) is 16.9. The molecule has 0 N–H and O–H groups in total. The molecule has 0 radical (unpaired) electrons. The zero-order valence-electron chi connectivity index (χ0n) is 15.1. The van der Waals surface area contributed by atoms with Crippen LogP contribution in [-0.2, 0) is 16.2 Å². The van der Waals surface area contributed by atoms with E-state index in [1.807, 2.05) is 36.4 Å². The predicted octanol–water partition coefficient (Wildman–Crippen LogP) is 5.40. The molecule has 6 heteroatoms. The Kier molecular flexibility index (Phi) is 5.40. The van der Waals surface area contributed by atoms with Gasteiger partial charge in [-0.25, -0.2) is 9.18 Å². The van der Waals surface area contributed by atoms with Crippen LogP contribution in [0.2, 0.25) is 5.02 Å². The molecule has 4 nitrogen and oxygen atoms in total. The van der Waals surface area contributed by atoms with Gasteiger partial charge in [0.25, 0.3) is 0 Å². The van der Waals surface area contributed by atoms with E-state index >= 15 is 0 Å². The van der Waals surface area contributed by atoms with Crippen LogP contribution in [0.1, 0.15) is 16.7 Å². The van der Waals surface area contributed by atoms with Crippen molar-refractivity contribution in [1.29, 1.82) is 0 Å². The average molecular weight is 408 g/mol. The topological polar surface area (TPSA) is 47.9 Å². The van der Waals surface area contributed by atoms with Gasteiger partial charge in [-0.3, -0.25) is 0 Å². The fraction of sp³-hybridized carbons (Fsp3) is 0.0435. The summed E-state index contributed by atoms with van der Waals surface area (Å²) in [7, 11) is 0. The summed E-state index contributed by atoms with van der Waals surface area (Å²) in [5.74, 6) is -0.241. The summed E-state index contributed by atoms with van der Waals surface area (Å²) in [6.07, 6.45) is 1.68. The molecule has 0 aromatic heterocycles. The van der Waals surface area contributed by atoms with Crippen LogP contribution in [0.15, 0.2) is 83.5 Å². The molecule has 0 fully saturated rings. The van der Waals surface area contributed by atoms with Crippen molar-refractivity contribution in [2.75, 3.05) is 0 Å². The Labute approximate surface area is 171 Å². The van der Waals surface area contributed by atoms with Crippen molar-refractivity contribution in [3.8, 4) is 5.75 Å². The van der Waals surface area contributed by atoms with Crippen LogP contribution in [0, 0.1) is 5.82 Å². The minimum Gasteiger partial charge on any atom is -0.489 e. The van der Waals surface area contributed by atoms with Gasteiger partial charge in [-0.2, -0.15) is 0 Å². The fourth-order valence-corrected chi connectivity index (χ4v) is 3.02. The molecular weight excluding hydrogens is 393 g/mol. The maximum atomic E-state index is 13.2. The number of carbonyl (C=O) groups excluding carboxylic acids is 1. The molecule has 0 saturated carbocycles. The van der Waals surface area contributed by atoms with Gasteiger partial charge in [0.15, 0.2) is 0 Å². The summed E-state index contributed by atoms with van der Waals surface area (Å²) in [5.41, 5.74) is 2.95. The van der Waals surface area contributed by atoms with Crippen molar-refractivity contribution in [3.63, 3.8) is 0 Å². The second-order valence-corrected chi connectivity index (χ2v) is 6.74. The largest absolute Gasteiger partial charge is 0.489 e. The Morgan fingerprint density at radius 2 is 1.72 bits per heavy atom. The molecule has 3 aromatic rings. The molecule has 144 valence electrons. The summed E-state index contributed by atoms with van der Waals surface area (Å²) >= 11 is 6.13. The number of hydrogen-bond acceptors (Lipinski definition) is 4. The number of nitrogens with zero attached hydrogens (tertiary/aromatic N) is 1. The van der Waals surface area contributed by atoms with Gasteiger partial charge in [0.2, 0.25) is 0 Å². The first kappa shape index (κ1) is 18.9. The Morgan fingerprint density at radius 3 is 2.45 bits per heavy atom. The van der Waals surface area contributed by atoms with Gasteiger partial charge >= 0.3 is 5.97 Å². The summed E-state index contributed by atoms with van der Waals surface area (Å²) in [5, 5.41) is 4.48. The fourth-order valence-electron chi connectivity index (χ4n) is 2.83. The lowest BCUT2D eigenvalue weighted by Gasteiger charge is -2.08. The maximum Gasteiger partial charge on any atom is 0.368 e.